The van der Waals surface area contributed by atoms with E-state index >= 15 is 0 Å². The molecular weight excluding hydrogens is 291 g/mol. The minimum Gasteiger partial charge on any atom is -0.440 e. The highest BCUT2D eigenvalue weighted by atomic mass is 35.5. The molecule has 3 rings (SSSR count). The minimum absolute atomic E-state index is 0.0273. The summed E-state index contributed by atoms with van der Waals surface area (Å²) in [7, 11) is 0. The van der Waals surface area contributed by atoms with Crippen molar-refractivity contribution in [3.63, 3.8) is 0 Å². The maximum atomic E-state index is 14.3. The number of fused-ring (bicyclic) bond motifs is 1. The smallest absolute Gasteiger partial charge is 0.205 e. The van der Waals surface area contributed by atoms with Gasteiger partial charge in [-0.05, 0) is 18.2 Å². The number of benzene rings is 2. The van der Waals surface area contributed by atoms with Crippen molar-refractivity contribution in [1.82, 2.24) is 0 Å². The van der Waals surface area contributed by atoms with E-state index in [1.165, 1.54) is 12.1 Å². The summed E-state index contributed by atoms with van der Waals surface area (Å²) in [5.74, 6) is -0.683. The maximum Gasteiger partial charge on any atom is 0.205 e. The van der Waals surface area contributed by atoms with Crippen LogP contribution in [-0.4, -0.2) is 0 Å². The van der Waals surface area contributed by atoms with Gasteiger partial charge in [-0.1, -0.05) is 35.9 Å². The molecule has 1 aliphatic heterocycles. The third-order valence-corrected chi connectivity index (χ3v) is 3.74. The van der Waals surface area contributed by atoms with Gasteiger partial charge in [0.25, 0.3) is 0 Å². The number of hydrogen-bond donors (Lipinski definition) is 1. The molecule has 2 aromatic rings. The molecule has 0 aromatic heterocycles. The molecule has 2 aromatic carbocycles. The van der Waals surface area contributed by atoms with Crippen LogP contribution in [0.1, 0.15) is 17.0 Å². The van der Waals surface area contributed by atoms with Gasteiger partial charge in [-0.3, -0.25) is 0 Å². The molecule has 0 amide bonds. The highest BCUT2D eigenvalue weighted by Crippen LogP contribution is 2.44. The molecule has 21 heavy (non-hydrogen) atoms. The SMILES string of the molecule is N#CC1=C(N)Oc2ccccc2[C@@H]1c1c(F)cccc1Cl. The van der Waals surface area contributed by atoms with Crippen molar-refractivity contribution in [1.29, 1.82) is 5.26 Å². The topological polar surface area (TPSA) is 59.0 Å². The van der Waals surface area contributed by atoms with Crippen LogP contribution in [0.3, 0.4) is 0 Å². The summed E-state index contributed by atoms with van der Waals surface area (Å²) in [4.78, 5) is 0. The lowest BCUT2D eigenvalue weighted by Crippen LogP contribution is -2.21. The molecule has 3 nitrogen and oxygen atoms in total. The monoisotopic (exact) mass is 300 g/mol. The number of nitrogens with two attached hydrogens (primary N) is 1. The molecule has 0 spiro atoms. The van der Waals surface area contributed by atoms with Crippen LogP contribution in [0.15, 0.2) is 53.9 Å². The fourth-order valence-electron chi connectivity index (χ4n) is 2.49. The number of allylic oxidation sites excluding steroid dienone is 1. The molecular formula is C16H10ClFN2O. The van der Waals surface area contributed by atoms with E-state index < -0.39 is 11.7 Å². The van der Waals surface area contributed by atoms with Gasteiger partial charge in [0.1, 0.15) is 23.2 Å². The number of hydrogen-bond acceptors (Lipinski definition) is 3. The van der Waals surface area contributed by atoms with Gasteiger partial charge < -0.3 is 10.5 Å². The van der Waals surface area contributed by atoms with Crippen molar-refractivity contribution in [3.05, 3.63) is 75.9 Å². The largest absolute Gasteiger partial charge is 0.440 e. The summed E-state index contributed by atoms with van der Waals surface area (Å²) >= 11 is 6.15. The Bertz CT molecular complexity index is 775. The summed E-state index contributed by atoms with van der Waals surface area (Å²) in [6.07, 6.45) is 0. The summed E-state index contributed by atoms with van der Waals surface area (Å²) in [6, 6.07) is 13.5. The van der Waals surface area contributed by atoms with E-state index in [9.17, 15) is 9.65 Å². The van der Waals surface area contributed by atoms with E-state index in [4.69, 9.17) is 22.1 Å². The molecule has 2 N–H and O–H groups in total. The summed E-state index contributed by atoms with van der Waals surface area (Å²) in [5.41, 5.74) is 6.85. The highest BCUT2D eigenvalue weighted by Gasteiger charge is 2.33. The molecule has 0 saturated heterocycles. The third kappa shape index (κ3) is 2.12. The first kappa shape index (κ1) is 13.5. The second-order valence-electron chi connectivity index (χ2n) is 4.60. The first-order valence-electron chi connectivity index (χ1n) is 6.24. The quantitative estimate of drug-likeness (QED) is 0.873. The first-order chi connectivity index (χ1) is 10.1. The van der Waals surface area contributed by atoms with Crippen LogP contribution in [-0.2, 0) is 0 Å². The minimum atomic E-state index is -0.673. The van der Waals surface area contributed by atoms with E-state index in [-0.39, 0.29) is 22.0 Å². The Balaban J connectivity index is 2.31. The molecule has 0 saturated carbocycles. The predicted molar refractivity (Wildman–Crippen MR) is 77.1 cm³/mol. The van der Waals surface area contributed by atoms with Crippen molar-refractivity contribution >= 4 is 11.6 Å². The summed E-state index contributed by atoms with van der Waals surface area (Å²) < 4.78 is 19.7. The highest BCUT2D eigenvalue weighted by molar-refractivity contribution is 6.31. The van der Waals surface area contributed by atoms with Crippen molar-refractivity contribution in [2.75, 3.05) is 0 Å². The van der Waals surface area contributed by atoms with Crippen LogP contribution in [0.5, 0.6) is 5.75 Å². The van der Waals surface area contributed by atoms with Crippen LogP contribution >= 0.6 is 11.6 Å². The van der Waals surface area contributed by atoms with Crippen LogP contribution in [0.25, 0.3) is 0 Å². The van der Waals surface area contributed by atoms with E-state index in [0.29, 0.717) is 11.3 Å². The molecule has 0 radical (unpaired) electrons. The number of halogens is 2. The number of nitriles is 1. The van der Waals surface area contributed by atoms with Gasteiger partial charge in [-0.25, -0.2) is 4.39 Å². The number of rotatable bonds is 1. The third-order valence-electron chi connectivity index (χ3n) is 3.41. The van der Waals surface area contributed by atoms with Crippen molar-refractivity contribution in [2.45, 2.75) is 5.92 Å². The number of para-hydroxylation sites is 1. The second-order valence-corrected chi connectivity index (χ2v) is 5.01. The Hall–Kier alpha value is -2.51. The fraction of sp³-hybridized carbons (Fsp3) is 0.0625. The summed E-state index contributed by atoms with van der Waals surface area (Å²) in [5, 5.41) is 9.61. The zero-order valence-electron chi connectivity index (χ0n) is 10.8. The first-order valence-corrected chi connectivity index (χ1v) is 6.61. The number of nitrogens with zero attached hydrogens (tertiary/aromatic N) is 1. The van der Waals surface area contributed by atoms with Gasteiger partial charge in [0.2, 0.25) is 5.88 Å². The lowest BCUT2D eigenvalue weighted by Gasteiger charge is -2.27. The molecule has 104 valence electrons. The van der Waals surface area contributed by atoms with Gasteiger partial charge in [0.15, 0.2) is 0 Å². The van der Waals surface area contributed by atoms with Gasteiger partial charge in [-0.15, -0.1) is 0 Å². The van der Waals surface area contributed by atoms with Crippen LogP contribution in [0, 0.1) is 17.1 Å². The van der Waals surface area contributed by atoms with Crippen molar-refractivity contribution in [3.8, 4) is 11.8 Å². The van der Waals surface area contributed by atoms with E-state index in [1.807, 2.05) is 6.07 Å². The van der Waals surface area contributed by atoms with Gasteiger partial charge >= 0.3 is 0 Å². The van der Waals surface area contributed by atoms with Gasteiger partial charge in [0.05, 0.1) is 5.92 Å². The van der Waals surface area contributed by atoms with Crippen LogP contribution in [0.2, 0.25) is 5.02 Å². The molecule has 5 heteroatoms. The lowest BCUT2D eigenvalue weighted by molar-refractivity contribution is 0.392. The van der Waals surface area contributed by atoms with E-state index in [0.717, 1.165) is 0 Å². The maximum absolute atomic E-state index is 14.3. The molecule has 1 atom stereocenters. The molecule has 0 aliphatic carbocycles. The Kier molecular flexibility index (Phi) is 3.28. The van der Waals surface area contributed by atoms with E-state index in [1.54, 1.807) is 30.3 Å². The van der Waals surface area contributed by atoms with Gasteiger partial charge in [0, 0.05) is 16.1 Å². The molecule has 0 bridgehead atoms. The van der Waals surface area contributed by atoms with E-state index in [2.05, 4.69) is 0 Å². The fourth-order valence-corrected chi connectivity index (χ4v) is 2.76. The Labute approximate surface area is 126 Å². The molecule has 1 aliphatic rings. The molecule has 0 fully saturated rings. The van der Waals surface area contributed by atoms with Crippen LogP contribution in [0.4, 0.5) is 4.39 Å². The normalized spacial score (nSPS) is 16.9. The lowest BCUT2D eigenvalue weighted by atomic mass is 9.83. The second kappa shape index (κ2) is 5.12. The zero-order chi connectivity index (χ0) is 15.0. The standard InChI is InChI=1S/C16H10ClFN2O/c17-11-5-3-6-12(18)15(11)14-9-4-1-2-7-13(9)21-16(20)10(14)8-19/h1-7,14H,20H2/t14-/m0/s1. The Morgan fingerprint density at radius 3 is 2.67 bits per heavy atom. The van der Waals surface area contributed by atoms with Crippen LogP contribution < -0.4 is 10.5 Å². The summed E-state index contributed by atoms with van der Waals surface area (Å²) in [6.45, 7) is 0. The average molecular weight is 301 g/mol. The van der Waals surface area contributed by atoms with Crippen molar-refractivity contribution in [2.24, 2.45) is 5.73 Å². The average Bonchev–Trinajstić information content (AvgIpc) is 2.46. The number of ether oxygens (including phenoxy) is 1. The Morgan fingerprint density at radius 2 is 1.95 bits per heavy atom. The van der Waals surface area contributed by atoms with Gasteiger partial charge in [-0.2, -0.15) is 5.26 Å². The Morgan fingerprint density at radius 1 is 1.19 bits per heavy atom. The zero-order valence-corrected chi connectivity index (χ0v) is 11.6. The van der Waals surface area contributed by atoms with Crippen molar-refractivity contribution < 1.29 is 9.13 Å². The molecule has 0 unspecified atom stereocenters. The predicted octanol–water partition coefficient (Wildman–Crippen LogP) is 3.70. The molecule has 1 heterocycles.